The van der Waals surface area contributed by atoms with Crippen LogP contribution in [0.2, 0.25) is 0 Å². The third kappa shape index (κ3) is 6.21. The normalized spacial score (nSPS) is 17.2. The summed E-state index contributed by atoms with van der Waals surface area (Å²) >= 11 is 0. The molecule has 2 rings (SSSR count). The van der Waals surface area contributed by atoms with E-state index in [-0.39, 0.29) is 23.2 Å². The summed E-state index contributed by atoms with van der Waals surface area (Å²) in [7, 11) is 0. The number of amides is 2. The lowest BCUT2D eigenvalue weighted by Crippen LogP contribution is -2.37. The van der Waals surface area contributed by atoms with E-state index in [9.17, 15) is 9.59 Å². The smallest absolute Gasteiger partial charge is 0.274 e. The van der Waals surface area contributed by atoms with E-state index in [1.165, 1.54) is 29.7 Å². The summed E-state index contributed by atoms with van der Waals surface area (Å²) in [6.07, 6.45) is 3.79. The first-order valence-corrected chi connectivity index (χ1v) is 8.51. The van der Waals surface area contributed by atoms with Gasteiger partial charge in [0.05, 0.1) is 13.2 Å². The fourth-order valence-corrected chi connectivity index (χ4v) is 2.34. The van der Waals surface area contributed by atoms with Gasteiger partial charge in [-0.05, 0) is 43.5 Å². The molecule has 1 fully saturated rings. The van der Waals surface area contributed by atoms with Gasteiger partial charge in [0.1, 0.15) is 0 Å². The Bertz CT molecular complexity index is 633. The molecule has 1 aliphatic rings. The van der Waals surface area contributed by atoms with Crippen molar-refractivity contribution in [2.75, 3.05) is 13.2 Å². The molecule has 0 bridgehead atoms. The summed E-state index contributed by atoms with van der Waals surface area (Å²) in [6.45, 7) is 5.60. The van der Waals surface area contributed by atoms with E-state index < -0.39 is 5.91 Å². The average molecular weight is 363 g/mol. The van der Waals surface area contributed by atoms with Crippen molar-refractivity contribution in [3.63, 3.8) is 0 Å². The SMILES string of the molecule is CC1(C)COC(CCC/C=N/NC(=O)c2ccc(C(=O)NO)cc2)OC1. The maximum absolute atomic E-state index is 11.9. The number of rotatable bonds is 7. The Labute approximate surface area is 152 Å². The maximum atomic E-state index is 11.9. The Balaban J connectivity index is 1.65. The van der Waals surface area contributed by atoms with Crippen molar-refractivity contribution in [1.29, 1.82) is 0 Å². The summed E-state index contributed by atoms with van der Waals surface area (Å²) in [4.78, 5) is 23.1. The highest BCUT2D eigenvalue weighted by Crippen LogP contribution is 2.24. The molecule has 0 radical (unpaired) electrons. The van der Waals surface area contributed by atoms with Crippen LogP contribution >= 0.6 is 0 Å². The number of benzene rings is 1. The molecule has 0 saturated carbocycles. The van der Waals surface area contributed by atoms with E-state index in [2.05, 4.69) is 24.4 Å². The van der Waals surface area contributed by atoms with Crippen LogP contribution in [0.3, 0.4) is 0 Å². The largest absolute Gasteiger partial charge is 0.352 e. The van der Waals surface area contributed by atoms with Gasteiger partial charge in [0.25, 0.3) is 11.8 Å². The lowest BCUT2D eigenvalue weighted by atomic mass is 9.95. The molecule has 0 unspecified atom stereocenters. The Morgan fingerprint density at radius 3 is 2.35 bits per heavy atom. The minimum absolute atomic E-state index is 0.0718. The highest BCUT2D eigenvalue weighted by Gasteiger charge is 2.27. The van der Waals surface area contributed by atoms with Gasteiger partial charge in [0.15, 0.2) is 6.29 Å². The number of nitrogens with one attached hydrogen (secondary N) is 2. The quantitative estimate of drug-likeness (QED) is 0.297. The van der Waals surface area contributed by atoms with Gasteiger partial charge in [0, 0.05) is 22.8 Å². The van der Waals surface area contributed by atoms with Crippen LogP contribution in [0.1, 0.15) is 53.8 Å². The second-order valence-electron chi connectivity index (χ2n) is 6.92. The topological polar surface area (TPSA) is 109 Å². The van der Waals surface area contributed by atoms with E-state index >= 15 is 0 Å². The minimum Gasteiger partial charge on any atom is -0.352 e. The second-order valence-corrected chi connectivity index (χ2v) is 6.92. The lowest BCUT2D eigenvalue weighted by molar-refractivity contribution is -0.223. The standard InChI is InChI=1S/C18H25N3O5/c1-18(2)11-25-15(26-12-18)5-3-4-10-19-20-16(22)13-6-8-14(9-7-13)17(23)21-24/h6-10,15,24H,3-5,11-12H2,1-2H3,(H,20,22)(H,21,23)/b19-10+. The summed E-state index contributed by atoms with van der Waals surface area (Å²) < 4.78 is 11.3. The Hall–Kier alpha value is -2.29. The third-order valence-electron chi connectivity index (χ3n) is 3.86. The zero-order valence-corrected chi connectivity index (χ0v) is 15.0. The second kappa shape index (κ2) is 9.42. The lowest BCUT2D eigenvalue weighted by Gasteiger charge is -2.34. The molecule has 1 aliphatic heterocycles. The molecule has 1 aromatic carbocycles. The zero-order chi connectivity index (χ0) is 19.0. The Kier molecular flexibility index (Phi) is 7.26. The Morgan fingerprint density at radius 2 is 1.77 bits per heavy atom. The number of nitrogens with zero attached hydrogens (tertiary/aromatic N) is 1. The van der Waals surface area contributed by atoms with Crippen molar-refractivity contribution in [2.24, 2.45) is 10.5 Å². The third-order valence-corrected chi connectivity index (χ3v) is 3.86. The first-order valence-electron chi connectivity index (χ1n) is 8.51. The predicted octanol–water partition coefficient (Wildman–Crippen LogP) is 2.09. The highest BCUT2D eigenvalue weighted by molar-refractivity contribution is 5.97. The van der Waals surface area contributed by atoms with Gasteiger partial charge in [0.2, 0.25) is 0 Å². The van der Waals surface area contributed by atoms with Crippen molar-refractivity contribution in [3.8, 4) is 0 Å². The first kappa shape index (κ1) is 20.0. The number of unbranched alkanes of at least 4 members (excludes halogenated alkanes) is 1. The average Bonchev–Trinajstić information content (AvgIpc) is 2.65. The molecule has 142 valence electrons. The van der Waals surface area contributed by atoms with Crippen LogP contribution in [0.15, 0.2) is 29.4 Å². The van der Waals surface area contributed by atoms with Crippen LogP contribution in [0.4, 0.5) is 0 Å². The van der Waals surface area contributed by atoms with Gasteiger partial charge >= 0.3 is 0 Å². The molecular formula is C18H25N3O5. The molecule has 8 nitrogen and oxygen atoms in total. The van der Waals surface area contributed by atoms with Crippen molar-refractivity contribution in [3.05, 3.63) is 35.4 Å². The molecule has 2 amide bonds. The number of hydrogen-bond acceptors (Lipinski definition) is 6. The number of hydrazone groups is 1. The molecule has 0 atom stereocenters. The maximum Gasteiger partial charge on any atom is 0.274 e. The molecule has 1 saturated heterocycles. The van der Waals surface area contributed by atoms with Gasteiger partial charge in [-0.15, -0.1) is 0 Å². The van der Waals surface area contributed by atoms with Crippen molar-refractivity contribution < 1.29 is 24.3 Å². The predicted molar refractivity (Wildman–Crippen MR) is 95.0 cm³/mol. The first-order chi connectivity index (χ1) is 12.4. The monoisotopic (exact) mass is 363 g/mol. The fraction of sp³-hybridized carbons (Fsp3) is 0.500. The molecule has 8 heteroatoms. The molecular weight excluding hydrogens is 338 g/mol. The highest BCUT2D eigenvalue weighted by atomic mass is 16.7. The van der Waals surface area contributed by atoms with Crippen LogP contribution in [-0.2, 0) is 9.47 Å². The van der Waals surface area contributed by atoms with Gasteiger partial charge in [-0.2, -0.15) is 5.10 Å². The van der Waals surface area contributed by atoms with Gasteiger partial charge in [-0.1, -0.05) is 13.8 Å². The Morgan fingerprint density at radius 1 is 1.19 bits per heavy atom. The van der Waals surface area contributed by atoms with Gasteiger partial charge < -0.3 is 9.47 Å². The molecule has 1 heterocycles. The number of carbonyl (C=O) groups excluding carboxylic acids is 2. The van der Waals surface area contributed by atoms with Crippen LogP contribution < -0.4 is 10.9 Å². The number of hydroxylamine groups is 1. The van der Waals surface area contributed by atoms with Crippen LogP contribution in [0.25, 0.3) is 0 Å². The van der Waals surface area contributed by atoms with Crippen molar-refractivity contribution >= 4 is 18.0 Å². The molecule has 1 aromatic rings. The summed E-state index contributed by atoms with van der Waals surface area (Å²) in [6, 6.07) is 5.84. The number of ether oxygens (including phenoxy) is 2. The molecule has 0 aliphatic carbocycles. The van der Waals surface area contributed by atoms with Crippen molar-refractivity contribution in [2.45, 2.75) is 39.4 Å². The van der Waals surface area contributed by atoms with E-state index in [0.29, 0.717) is 25.2 Å². The molecule has 0 spiro atoms. The van der Waals surface area contributed by atoms with E-state index in [1.54, 1.807) is 6.21 Å². The fourth-order valence-electron chi connectivity index (χ4n) is 2.34. The van der Waals surface area contributed by atoms with Crippen LogP contribution in [0.5, 0.6) is 0 Å². The van der Waals surface area contributed by atoms with E-state index in [0.717, 1.165) is 12.8 Å². The van der Waals surface area contributed by atoms with Gasteiger partial charge in [-0.3, -0.25) is 14.8 Å². The van der Waals surface area contributed by atoms with Gasteiger partial charge in [-0.25, -0.2) is 10.9 Å². The minimum atomic E-state index is -0.635. The zero-order valence-electron chi connectivity index (χ0n) is 15.0. The van der Waals surface area contributed by atoms with Crippen molar-refractivity contribution in [1.82, 2.24) is 10.9 Å². The summed E-state index contributed by atoms with van der Waals surface area (Å²) in [5, 5.41) is 12.4. The molecule has 3 N–H and O–H groups in total. The number of carbonyl (C=O) groups is 2. The molecule has 0 aromatic heterocycles. The number of hydrogen-bond donors (Lipinski definition) is 3. The molecule has 26 heavy (non-hydrogen) atoms. The van der Waals surface area contributed by atoms with Crippen LogP contribution in [-0.4, -0.2) is 42.7 Å². The summed E-state index contributed by atoms with van der Waals surface area (Å²) in [5.41, 5.74) is 4.65. The summed E-state index contributed by atoms with van der Waals surface area (Å²) in [5.74, 6) is -1.01. The van der Waals surface area contributed by atoms with E-state index in [4.69, 9.17) is 14.7 Å². The van der Waals surface area contributed by atoms with Crippen LogP contribution in [0, 0.1) is 5.41 Å². The van der Waals surface area contributed by atoms with E-state index in [1.807, 2.05) is 0 Å².